The van der Waals surface area contributed by atoms with Crippen LogP contribution < -0.4 is 0 Å². The Morgan fingerprint density at radius 1 is 1.61 bits per heavy atom. The first kappa shape index (κ1) is 14.0. The average Bonchev–Trinajstić information content (AvgIpc) is 2.84. The number of hydrogen-bond donors (Lipinski definition) is 0. The van der Waals surface area contributed by atoms with E-state index in [1.54, 1.807) is 22.7 Å². The van der Waals surface area contributed by atoms with Crippen molar-refractivity contribution in [2.45, 2.75) is 19.9 Å². The van der Waals surface area contributed by atoms with Crippen molar-refractivity contribution in [2.75, 3.05) is 18.8 Å². The molecule has 18 heavy (non-hydrogen) atoms. The van der Waals surface area contributed by atoms with E-state index in [9.17, 15) is 4.79 Å². The third-order valence-corrected chi connectivity index (χ3v) is 5.88. The molecule has 0 unspecified atom stereocenters. The summed E-state index contributed by atoms with van der Waals surface area (Å²) < 4.78 is 0.638. The van der Waals surface area contributed by atoms with E-state index in [4.69, 9.17) is 12.2 Å². The summed E-state index contributed by atoms with van der Waals surface area (Å²) in [5, 5.41) is 1.09. The van der Waals surface area contributed by atoms with Crippen molar-refractivity contribution in [2.24, 2.45) is 0 Å². The van der Waals surface area contributed by atoms with Gasteiger partial charge < -0.3 is 4.90 Å². The molecule has 0 spiro atoms. The maximum Gasteiger partial charge on any atom is 0.269 e. The van der Waals surface area contributed by atoms with E-state index in [1.165, 1.54) is 11.8 Å². The number of nitrogens with zero attached hydrogens (tertiary/aromatic N) is 2. The van der Waals surface area contributed by atoms with Gasteiger partial charge in [0.05, 0.1) is 5.03 Å². The lowest BCUT2D eigenvalue weighted by molar-refractivity contribution is -0.121. The molecular formula is C12H16N2OS3. The van der Waals surface area contributed by atoms with Gasteiger partial charge in [0.15, 0.2) is 0 Å². The molecule has 2 saturated heterocycles. The van der Waals surface area contributed by atoms with E-state index >= 15 is 0 Å². The fourth-order valence-corrected chi connectivity index (χ4v) is 4.86. The normalized spacial score (nSPS) is 28.4. The minimum atomic E-state index is 0.0277. The Bertz CT molecular complexity index is 433. The van der Waals surface area contributed by atoms with Crippen LogP contribution in [0.25, 0.3) is 0 Å². The quantitative estimate of drug-likeness (QED) is 0.453. The van der Waals surface area contributed by atoms with Crippen LogP contribution >= 0.6 is 35.7 Å². The van der Waals surface area contributed by atoms with Gasteiger partial charge in [0.25, 0.3) is 5.91 Å². The Labute approximate surface area is 122 Å². The molecule has 2 aliphatic heterocycles. The van der Waals surface area contributed by atoms with E-state index in [0.717, 1.165) is 22.2 Å². The highest BCUT2D eigenvalue weighted by atomic mass is 32.2. The number of hydrogen-bond acceptors (Lipinski definition) is 5. The predicted molar refractivity (Wildman–Crippen MR) is 83.4 cm³/mol. The Balaban J connectivity index is 2.31. The smallest absolute Gasteiger partial charge is 0.269 e. The van der Waals surface area contributed by atoms with Crippen molar-refractivity contribution in [3.05, 3.63) is 22.6 Å². The van der Waals surface area contributed by atoms with Gasteiger partial charge in [0.1, 0.15) is 9.23 Å². The Hall–Kier alpha value is -0.460. The molecule has 0 radical (unpaired) electrons. The van der Waals surface area contributed by atoms with Crippen molar-refractivity contribution in [3.63, 3.8) is 0 Å². The predicted octanol–water partition coefficient (Wildman–Crippen LogP) is 2.66. The molecule has 1 amide bonds. The van der Waals surface area contributed by atoms with Gasteiger partial charge >= 0.3 is 0 Å². The van der Waals surface area contributed by atoms with Gasteiger partial charge in [-0.3, -0.25) is 9.69 Å². The van der Waals surface area contributed by atoms with Crippen LogP contribution in [0.4, 0.5) is 0 Å². The van der Waals surface area contributed by atoms with Gasteiger partial charge in [-0.1, -0.05) is 30.1 Å². The molecule has 0 N–H and O–H groups in total. The second-order valence-electron chi connectivity index (χ2n) is 4.15. The van der Waals surface area contributed by atoms with Gasteiger partial charge in [-0.15, -0.1) is 18.3 Å². The molecule has 0 saturated carbocycles. The summed E-state index contributed by atoms with van der Waals surface area (Å²) in [6.07, 6.45) is 1.71. The molecule has 6 heteroatoms. The molecule has 0 aromatic carbocycles. The molecule has 3 nitrogen and oxygen atoms in total. The van der Waals surface area contributed by atoms with Crippen LogP contribution in [0.3, 0.4) is 0 Å². The Morgan fingerprint density at radius 2 is 2.33 bits per heavy atom. The lowest BCUT2D eigenvalue weighted by Gasteiger charge is -2.22. The number of carbonyl (C=O) groups is 1. The maximum atomic E-state index is 12.3. The van der Waals surface area contributed by atoms with Gasteiger partial charge in [0, 0.05) is 24.9 Å². The summed E-state index contributed by atoms with van der Waals surface area (Å²) in [6.45, 7) is 9.39. The summed E-state index contributed by atoms with van der Waals surface area (Å²) in [5.74, 6) is 1.06. The van der Waals surface area contributed by atoms with E-state index in [-0.39, 0.29) is 5.91 Å². The summed E-state index contributed by atoms with van der Waals surface area (Å²) in [6, 6.07) is 0.484. The molecule has 0 aromatic rings. The minimum Gasteiger partial charge on any atom is -0.362 e. The summed E-state index contributed by atoms with van der Waals surface area (Å²) in [4.78, 5) is 17.0. The van der Waals surface area contributed by atoms with Gasteiger partial charge in [-0.2, -0.15) is 0 Å². The third kappa shape index (κ3) is 2.33. The SMILES string of the molecule is C=CCN1C(=O)/C(=C2\SC[C@@H](C)N2CC)SC1=S. The maximum absolute atomic E-state index is 12.3. The molecule has 0 bridgehead atoms. The topological polar surface area (TPSA) is 23.6 Å². The average molecular weight is 300 g/mol. The third-order valence-electron chi connectivity index (χ3n) is 2.95. The van der Waals surface area contributed by atoms with Crippen molar-refractivity contribution >= 4 is 46.0 Å². The molecule has 2 heterocycles. The van der Waals surface area contributed by atoms with Crippen molar-refractivity contribution in [3.8, 4) is 0 Å². The zero-order valence-electron chi connectivity index (χ0n) is 10.5. The molecule has 2 fully saturated rings. The number of amides is 1. The largest absolute Gasteiger partial charge is 0.362 e. The van der Waals surface area contributed by atoms with E-state index in [1.807, 2.05) is 0 Å². The van der Waals surface area contributed by atoms with E-state index < -0.39 is 0 Å². The lowest BCUT2D eigenvalue weighted by atomic mass is 10.3. The zero-order chi connectivity index (χ0) is 13.3. The first-order valence-electron chi connectivity index (χ1n) is 5.88. The summed E-state index contributed by atoms with van der Waals surface area (Å²) in [7, 11) is 0. The first-order chi connectivity index (χ1) is 8.60. The second-order valence-corrected chi connectivity index (χ2v) is 6.81. The lowest BCUT2D eigenvalue weighted by Crippen LogP contribution is -2.30. The monoisotopic (exact) mass is 300 g/mol. The molecule has 2 aliphatic rings. The van der Waals surface area contributed by atoms with Crippen LogP contribution in [0.5, 0.6) is 0 Å². The van der Waals surface area contributed by atoms with Crippen LogP contribution in [0.2, 0.25) is 0 Å². The highest BCUT2D eigenvalue weighted by molar-refractivity contribution is 8.27. The molecule has 2 rings (SSSR count). The van der Waals surface area contributed by atoms with Gasteiger partial charge in [0.2, 0.25) is 0 Å². The zero-order valence-corrected chi connectivity index (χ0v) is 13.0. The summed E-state index contributed by atoms with van der Waals surface area (Å²) in [5.41, 5.74) is 0. The number of carbonyl (C=O) groups excluding carboxylic acids is 1. The molecule has 98 valence electrons. The molecule has 0 aliphatic carbocycles. The highest BCUT2D eigenvalue weighted by Gasteiger charge is 2.38. The van der Waals surface area contributed by atoms with Crippen LogP contribution in [-0.4, -0.2) is 44.9 Å². The standard InChI is InChI=1S/C12H16N2OS3/c1-4-6-14-10(15)9(18-12(14)16)11-13(5-2)8(3)7-17-11/h4,8H,1,5-7H2,2-3H3/b11-9+/t8-/m1/s1. The fourth-order valence-electron chi connectivity index (χ4n) is 2.04. The minimum absolute atomic E-state index is 0.0277. The molecule has 0 aromatic heterocycles. The van der Waals surface area contributed by atoms with Crippen molar-refractivity contribution in [1.82, 2.24) is 9.80 Å². The fraction of sp³-hybridized carbons (Fsp3) is 0.500. The molecular weight excluding hydrogens is 284 g/mol. The Morgan fingerprint density at radius 3 is 2.94 bits per heavy atom. The number of thioether (sulfide) groups is 2. The van der Waals surface area contributed by atoms with Crippen LogP contribution in [0.1, 0.15) is 13.8 Å². The van der Waals surface area contributed by atoms with Crippen molar-refractivity contribution in [1.29, 1.82) is 0 Å². The van der Waals surface area contributed by atoms with E-state index in [2.05, 4.69) is 25.3 Å². The Kier molecular flexibility index (Phi) is 4.40. The molecule has 1 atom stereocenters. The van der Waals surface area contributed by atoms with Crippen molar-refractivity contribution < 1.29 is 4.79 Å². The first-order valence-corrected chi connectivity index (χ1v) is 8.09. The van der Waals surface area contributed by atoms with Gasteiger partial charge in [-0.05, 0) is 13.8 Å². The van der Waals surface area contributed by atoms with Crippen LogP contribution in [-0.2, 0) is 4.79 Å². The van der Waals surface area contributed by atoms with Crippen LogP contribution in [0.15, 0.2) is 22.6 Å². The summed E-state index contributed by atoms with van der Waals surface area (Å²) >= 11 is 8.43. The highest BCUT2D eigenvalue weighted by Crippen LogP contribution is 2.42. The second kappa shape index (κ2) is 5.67. The van der Waals surface area contributed by atoms with Gasteiger partial charge in [-0.25, -0.2) is 0 Å². The number of rotatable bonds is 3. The number of thiocarbonyl (C=S) groups is 1. The van der Waals surface area contributed by atoms with Crippen LogP contribution in [0, 0.1) is 0 Å². The van der Waals surface area contributed by atoms with E-state index in [0.29, 0.717) is 16.9 Å².